The summed E-state index contributed by atoms with van der Waals surface area (Å²) >= 11 is 0. The predicted octanol–water partition coefficient (Wildman–Crippen LogP) is 1.23. The van der Waals surface area contributed by atoms with Gasteiger partial charge in [0.15, 0.2) is 0 Å². The number of nitrogens with one attached hydrogen (secondary N) is 1. The van der Waals surface area contributed by atoms with E-state index in [9.17, 15) is 4.79 Å². The molecule has 0 spiro atoms. The minimum Gasteiger partial charge on any atom is -0.359 e. The fraction of sp³-hybridized carbons (Fsp3) is 0.588. The van der Waals surface area contributed by atoms with Crippen LogP contribution in [0.4, 0.5) is 0 Å². The largest absolute Gasteiger partial charge is 0.359 e. The highest BCUT2D eigenvalue weighted by molar-refractivity contribution is 5.78. The first-order chi connectivity index (χ1) is 10.2. The SMILES string of the molecule is CNC(=O)[C@H]1CN(C)CCN(CCCc2ccccc2)C1. The van der Waals surface area contributed by atoms with Crippen LogP contribution in [0.1, 0.15) is 12.0 Å². The van der Waals surface area contributed by atoms with Crippen molar-refractivity contribution in [3.8, 4) is 0 Å². The van der Waals surface area contributed by atoms with Gasteiger partial charge in [-0.25, -0.2) is 0 Å². The zero-order valence-electron chi connectivity index (χ0n) is 13.2. The summed E-state index contributed by atoms with van der Waals surface area (Å²) in [6.45, 7) is 4.89. The highest BCUT2D eigenvalue weighted by Crippen LogP contribution is 2.10. The molecule has 116 valence electrons. The summed E-state index contributed by atoms with van der Waals surface area (Å²) in [5, 5.41) is 2.79. The lowest BCUT2D eigenvalue weighted by molar-refractivity contribution is -0.125. The summed E-state index contributed by atoms with van der Waals surface area (Å²) in [5.74, 6) is 0.246. The Kier molecular flexibility index (Phi) is 6.21. The van der Waals surface area contributed by atoms with Crippen molar-refractivity contribution in [2.24, 2.45) is 5.92 Å². The number of aryl methyl sites for hydroxylation is 1. The van der Waals surface area contributed by atoms with Gasteiger partial charge in [0.25, 0.3) is 0 Å². The first-order valence-corrected chi connectivity index (χ1v) is 7.85. The van der Waals surface area contributed by atoms with E-state index in [4.69, 9.17) is 0 Å². The van der Waals surface area contributed by atoms with E-state index in [1.54, 1.807) is 7.05 Å². The molecule has 1 aliphatic heterocycles. The third-order valence-corrected chi connectivity index (χ3v) is 4.21. The van der Waals surface area contributed by atoms with Crippen LogP contribution in [0, 0.1) is 5.92 Å². The number of likely N-dealkylation sites (N-methyl/N-ethyl adjacent to an activating group) is 1. The van der Waals surface area contributed by atoms with Crippen LogP contribution in [0.5, 0.6) is 0 Å². The Morgan fingerprint density at radius 1 is 1.24 bits per heavy atom. The average molecular weight is 289 g/mol. The van der Waals surface area contributed by atoms with E-state index in [-0.39, 0.29) is 11.8 Å². The number of carbonyl (C=O) groups is 1. The molecule has 0 aliphatic carbocycles. The van der Waals surface area contributed by atoms with E-state index >= 15 is 0 Å². The lowest BCUT2D eigenvalue weighted by atomic mass is 10.1. The van der Waals surface area contributed by atoms with Crippen LogP contribution in [0.3, 0.4) is 0 Å². The van der Waals surface area contributed by atoms with Crippen molar-refractivity contribution in [1.82, 2.24) is 15.1 Å². The molecule has 4 heteroatoms. The number of hydrogen-bond acceptors (Lipinski definition) is 3. The van der Waals surface area contributed by atoms with Gasteiger partial charge in [-0.3, -0.25) is 4.79 Å². The molecule has 0 unspecified atom stereocenters. The lowest BCUT2D eigenvalue weighted by Gasteiger charge is -2.22. The first-order valence-electron chi connectivity index (χ1n) is 7.85. The van der Waals surface area contributed by atoms with E-state index in [2.05, 4.69) is 52.5 Å². The van der Waals surface area contributed by atoms with Crippen LogP contribution in [0.25, 0.3) is 0 Å². The van der Waals surface area contributed by atoms with Crippen molar-refractivity contribution < 1.29 is 4.79 Å². The molecular weight excluding hydrogens is 262 g/mol. The molecule has 1 aromatic rings. The monoisotopic (exact) mass is 289 g/mol. The van der Waals surface area contributed by atoms with Crippen LogP contribution in [0.2, 0.25) is 0 Å². The number of benzene rings is 1. The van der Waals surface area contributed by atoms with Crippen LogP contribution < -0.4 is 5.32 Å². The molecule has 0 radical (unpaired) electrons. The summed E-state index contributed by atoms with van der Waals surface area (Å²) < 4.78 is 0. The average Bonchev–Trinajstić information content (AvgIpc) is 2.69. The molecule has 21 heavy (non-hydrogen) atoms. The maximum Gasteiger partial charge on any atom is 0.225 e. The van der Waals surface area contributed by atoms with Crippen molar-refractivity contribution in [2.75, 3.05) is 46.8 Å². The van der Waals surface area contributed by atoms with E-state index in [0.717, 1.165) is 45.6 Å². The Bertz CT molecular complexity index is 435. The van der Waals surface area contributed by atoms with E-state index < -0.39 is 0 Å². The number of carbonyl (C=O) groups excluding carboxylic acids is 1. The highest BCUT2D eigenvalue weighted by atomic mass is 16.1. The fourth-order valence-corrected chi connectivity index (χ4v) is 2.96. The molecule has 0 saturated carbocycles. The standard InChI is InChI=1S/C17H27N3O/c1-18-17(21)16-13-19(2)11-12-20(14-16)10-6-9-15-7-4-3-5-8-15/h3-5,7-8,16H,6,9-14H2,1-2H3,(H,18,21)/t16-/m0/s1. The number of nitrogens with zero attached hydrogens (tertiary/aromatic N) is 2. The van der Waals surface area contributed by atoms with Gasteiger partial charge in [-0.15, -0.1) is 0 Å². The van der Waals surface area contributed by atoms with E-state index in [1.165, 1.54) is 5.56 Å². The fourth-order valence-electron chi connectivity index (χ4n) is 2.96. The molecule has 1 atom stereocenters. The van der Waals surface area contributed by atoms with Gasteiger partial charge in [-0.1, -0.05) is 30.3 Å². The van der Waals surface area contributed by atoms with Crippen molar-refractivity contribution in [2.45, 2.75) is 12.8 Å². The molecule has 2 rings (SSSR count). The van der Waals surface area contributed by atoms with Gasteiger partial charge >= 0.3 is 0 Å². The number of amides is 1. The minimum absolute atomic E-state index is 0.0826. The van der Waals surface area contributed by atoms with Crippen molar-refractivity contribution in [3.05, 3.63) is 35.9 Å². The van der Waals surface area contributed by atoms with Gasteiger partial charge in [-0.2, -0.15) is 0 Å². The maximum atomic E-state index is 11.9. The second-order valence-electron chi connectivity index (χ2n) is 5.96. The van der Waals surface area contributed by atoms with Gasteiger partial charge in [0.1, 0.15) is 0 Å². The van der Waals surface area contributed by atoms with Gasteiger partial charge in [0.05, 0.1) is 5.92 Å². The highest BCUT2D eigenvalue weighted by Gasteiger charge is 2.25. The van der Waals surface area contributed by atoms with Gasteiger partial charge in [-0.05, 0) is 32.0 Å². The summed E-state index contributed by atoms with van der Waals surface area (Å²) in [6.07, 6.45) is 2.26. The van der Waals surface area contributed by atoms with Crippen LogP contribution in [-0.4, -0.2) is 62.5 Å². The minimum atomic E-state index is 0.0826. The second-order valence-corrected chi connectivity index (χ2v) is 5.96. The molecule has 0 bridgehead atoms. The lowest BCUT2D eigenvalue weighted by Crippen LogP contribution is -2.39. The Morgan fingerprint density at radius 2 is 2.00 bits per heavy atom. The van der Waals surface area contributed by atoms with E-state index in [1.807, 2.05) is 0 Å². The molecule has 1 heterocycles. The van der Waals surface area contributed by atoms with E-state index in [0.29, 0.717) is 0 Å². The Balaban J connectivity index is 1.82. The third kappa shape index (κ3) is 5.14. The Labute approximate surface area is 128 Å². The van der Waals surface area contributed by atoms with Crippen molar-refractivity contribution in [1.29, 1.82) is 0 Å². The molecule has 1 fully saturated rings. The molecule has 1 N–H and O–H groups in total. The molecule has 1 amide bonds. The molecule has 0 aromatic heterocycles. The normalized spacial score (nSPS) is 21.0. The van der Waals surface area contributed by atoms with Crippen LogP contribution in [-0.2, 0) is 11.2 Å². The predicted molar refractivity (Wildman–Crippen MR) is 86.3 cm³/mol. The van der Waals surface area contributed by atoms with Crippen molar-refractivity contribution >= 4 is 5.91 Å². The van der Waals surface area contributed by atoms with Crippen molar-refractivity contribution in [3.63, 3.8) is 0 Å². The molecule has 1 aliphatic rings. The quantitative estimate of drug-likeness (QED) is 0.885. The van der Waals surface area contributed by atoms with Crippen LogP contribution in [0.15, 0.2) is 30.3 Å². The third-order valence-electron chi connectivity index (χ3n) is 4.21. The summed E-state index contributed by atoms with van der Waals surface area (Å²) in [4.78, 5) is 16.6. The van der Waals surface area contributed by atoms with Crippen LogP contribution >= 0.6 is 0 Å². The summed E-state index contributed by atoms with van der Waals surface area (Å²) in [6, 6.07) is 10.6. The smallest absolute Gasteiger partial charge is 0.225 e. The zero-order chi connectivity index (χ0) is 15.1. The summed E-state index contributed by atoms with van der Waals surface area (Å²) in [7, 11) is 3.83. The molecular formula is C17H27N3O. The topological polar surface area (TPSA) is 35.6 Å². The second kappa shape index (κ2) is 8.15. The number of hydrogen-bond donors (Lipinski definition) is 1. The maximum absolute atomic E-state index is 11.9. The summed E-state index contributed by atoms with van der Waals surface area (Å²) in [5.41, 5.74) is 1.40. The first kappa shape index (κ1) is 16.0. The Hall–Kier alpha value is -1.39. The molecule has 1 aromatic carbocycles. The Morgan fingerprint density at radius 3 is 2.71 bits per heavy atom. The zero-order valence-corrected chi connectivity index (χ0v) is 13.2. The molecule has 4 nitrogen and oxygen atoms in total. The van der Waals surface area contributed by atoms with Gasteiger partial charge in [0.2, 0.25) is 5.91 Å². The van der Waals surface area contributed by atoms with Gasteiger partial charge < -0.3 is 15.1 Å². The molecule has 1 saturated heterocycles. The number of rotatable bonds is 5. The van der Waals surface area contributed by atoms with Gasteiger partial charge in [0, 0.05) is 33.2 Å².